The molecule has 1 aromatic heterocycles. The molecule has 5 nitrogen and oxygen atoms in total. The summed E-state index contributed by atoms with van der Waals surface area (Å²) in [6.07, 6.45) is 6.87. The van der Waals surface area contributed by atoms with Crippen molar-refractivity contribution in [1.29, 1.82) is 0 Å². The van der Waals surface area contributed by atoms with E-state index < -0.39 is 5.97 Å². The molecule has 1 saturated heterocycles. The average molecular weight is 427 g/mol. The Morgan fingerprint density at radius 2 is 1.69 bits per heavy atom. The number of nitrogens with zero attached hydrogens (tertiary/aromatic N) is 2. The SMILES string of the molecule is O=C(OCC(=O)N1CCCCC1)c1c2c(nc3ccccc13)C(=Cc1ccccc1)CC2. The fourth-order valence-corrected chi connectivity index (χ4v) is 4.70. The maximum absolute atomic E-state index is 13.2. The molecule has 1 aliphatic heterocycles. The minimum Gasteiger partial charge on any atom is -0.452 e. The molecular weight excluding hydrogens is 400 g/mol. The third-order valence-corrected chi connectivity index (χ3v) is 6.32. The van der Waals surface area contributed by atoms with E-state index in [1.54, 1.807) is 4.90 Å². The van der Waals surface area contributed by atoms with Crippen LogP contribution < -0.4 is 0 Å². The van der Waals surface area contributed by atoms with Gasteiger partial charge in [-0.05, 0) is 60.9 Å². The van der Waals surface area contributed by atoms with Gasteiger partial charge >= 0.3 is 5.97 Å². The highest BCUT2D eigenvalue weighted by Gasteiger charge is 2.28. The van der Waals surface area contributed by atoms with Crippen molar-refractivity contribution < 1.29 is 14.3 Å². The van der Waals surface area contributed by atoms with Crippen LogP contribution in [0, 0.1) is 0 Å². The molecule has 0 unspecified atom stereocenters. The number of fused-ring (bicyclic) bond motifs is 2. The lowest BCUT2D eigenvalue weighted by atomic mass is 10.0. The number of likely N-dealkylation sites (tertiary alicyclic amines) is 1. The van der Waals surface area contributed by atoms with Crippen molar-refractivity contribution in [3.63, 3.8) is 0 Å². The summed E-state index contributed by atoms with van der Waals surface area (Å²) in [4.78, 5) is 32.4. The Hall–Kier alpha value is -3.47. The first kappa shape index (κ1) is 20.4. The number of hydrogen-bond donors (Lipinski definition) is 0. The van der Waals surface area contributed by atoms with Crippen LogP contribution in [0.1, 0.15) is 52.9 Å². The van der Waals surface area contributed by atoms with E-state index in [-0.39, 0.29) is 12.5 Å². The second-order valence-electron chi connectivity index (χ2n) is 8.43. The third-order valence-electron chi connectivity index (χ3n) is 6.32. The lowest BCUT2D eigenvalue weighted by Crippen LogP contribution is -2.38. The van der Waals surface area contributed by atoms with E-state index in [1.165, 1.54) is 0 Å². The van der Waals surface area contributed by atoms with Crippen LogP contribution in [0.5, 0.6) is 0 Å². The summed E-state index contributed by atoms with van der Waals surface area (Å²) in [5.74, 6) is -0.552. The Labute approximate surface area is 187 Å². The molecule has 1 aliphatic carbocycles. The van der Waals surface area contributed by atoms with Crippen LogP contribution in [0.25, 0.3) is 22.6 Å². The topological polar surface area (TPSA) is 59.5 Å². The van der Waals surface area contributed by atoms with Crippen LogP contribution in [0.4, 0.5) is 0 Å². The molecule has 3 aromatic rings. The van der Waals surface area contributed by atoms with Gasteiger partial charge in [0.2, 0.25) is 0 Å². The van der Waals surface area contributed by atoms with E-state index in [0.29, 0.717) is 5.56 Å². The monoisotopic (exact) mass is 426 g/mol. The van der Waals surface area contributed by atoms with Crippen LogP contribution in [-0.2, 0) is 16.0 Å². The molecule has 1 amide bonds. The number of rotatable bonds is 4. The number of esters is 1. The fraction of sp³-hybridized carbons (Fsp3) is 0.296. The first-order chi connectivity index (χ1) is 15.7. The predicted molar refractivity (Wildman–Crippen MR) is 125 cm³/mol. The van der Waals surface area contributed by atoms with Crippen LogP contribution in [0.3, 0.4) is 0 Å². The average Bonchev–Trinajstić information content (AvgIpc) is 3.23. The van der Waals surface area contributed by atoms with Gasteiger partial charge in [0.25, 0.3) is 5.91 Å². The Morgan fingerprint density at radius 3 is 2.50 bits per heavy atom. The summed E-state index contributed by atoms with van der Waals surface area (Å²) < 4.78 is 5.55. The van der Waals surface area contributed by atoms with Crippen LogP contribution >= 0.6 is 0 Å². The Bertz CT molecular complexity index is 1190. The maximum Gasteiger partial charge on any atom is 0.339 e. The third kappa shape index (κ3) is 4.03. The highest BCUT2D eigenvalue weighted by Crippen LogP contribution is 2.37. The lowest BCUT2D eigenvalue weighted by molar-refractivity contribution is -0.135. The number of hydrogen-bond acceptors (Lipinski definition) is 4. The van der Waals surface area contributed by atoms with Crippen molar-refractivity contribution in [2.24, 2.45) is 0 Å². The second-order valence-corrected chi connectivity index (χ2v) is 8.43. The van der Waals surface area contributed by atoms with Crippen molar-refractivity contribution in [2.75, 3.05) is 19.7 Å². The van der Waals surface area contributed by atoms with Gasteiger partial charge in [-0.1, -0.05) is 48.5 Å². The van der Waals surface area contributed by atoms with Gasteiger partial charge in [0.05, 0.1) is 16.8 Å². The standard InChI is InChI=1S/C27H26N2O3/c30-24(29-15-7-2-8-16-29)18-32-27(31)25-21-11-5-6-12-23(21)28-26-20(13-14-22(25)26)17-19-9-3-1-4-10-19/h1,3-6,9-12,17H,2,7-8,13-16,18H2. The zero-order valence-electron chi connectivity index (χ0n) is 18.0. The zero-order valence-corrected chi connectivity index (χ0v) is 18.0. The molecule has 0 saturated carbocycles. The van der Waals surface area contributed by atoms with Gasteiger partial charge in [-0.2, -0.15) is 0 Å². The Morgan fingerprint density at radius 1 is 0.938 bits per heavy atom. The lowest BCUT2D eigenvalue weighted by Gasteiger charge is -2.26. The first-order valence-electron chi connectivity index (χ1n) is 11.3. The predicted octanol–water partition coefficient (Wildman–Crippen LogP) is 4.89. The number of pyridine rings is 1. The van der Waals surface area contributed by atoms with Crippen molar-refractivity contribution >= 4 is 34.4 Å². The quantitative estimate of drug-likeness (QED) is 0.557. The summed E-state index contributed by atoms with van der Waals surface area (Å²) >= 11 is 0. The van der Waals surface area contributed by atoms with Gasteiger partial charge < -0.3 is 9.64 Å². The number of aromatic nitrogens is 1. The second kappa shape index (κ2) is 8.95. The van der Waals surface area contributed by atoms with E-state index in [9.17, 15) is 9.59 Å². The molecule has 0 spiro atoms. The number of allylic oxidation sites excluding steroid dienone is 1. The molecule has 1 fully saturated rings. The molecule has 2 aliphatic rings. The number of amides is 1. The maximum atomic E-state index is 13.2. The van der Waals surface area contributed by atoms with Gasteiger partial charge in [0, 0.05) is 18.5 Å². The van der Waals surface area contributed by atoms with Gasteiger partial charge in [0.15, 0.2) is 6.61 Å². The molecule has 162 valence electrons. The molecule has 2 heterocycles. The van der Waals surface area contributed by atoms with Crippen LogP contribution in [0.2, 0.25) is 0 Å². The molecule has 5 rings (SSSR count). The number of piperidine rings is 1. The number of benzene rings is 2. The summed E-state index contributed by atoms with van der Waals surface area (Å²) in [5, 5.41) is 0.780. The van der Waals surface area contributed by atoms with Crippen molar-refractivity contribution in [1.82, 2.24) is 9.88 Å². The summed E-state index contributed by atoms with van der Waals surface area (Å²) in [6.45, 7) is 1.28. The van der Waals surface area contributed by atoms with Crippen LogP contribution in [-0.4, -0.2) is 41.5 Å². The molecular formula is C27H26N2O3. The van der Waals surface area contributed by atoms with Crippen LogP contribution in [0.15, 0.2) is 54.6 Å². The number of carbonyl (C=O) groups is 2. The number of carbonyl (C=O) groups excluding carboxylic acids is 2. The summed E-state index contributed by atoms with van der Waals surface area (Å²) in [7, 11) is 0. The molecule has 2 aromatic carbocycles. The molecule has 32 heavy (non-hydrogen) atoms. The van der Waals surface area contributed by atoms with E-state index in [1.807, 2.05) is 42.5 Å². The highest BCUT2D eigenvalue weighted by atomic mass is 16.5. The molecule has 0 radical (unpaired) electrons. The molecule has 5 heteroatoms. The Balaban J connectivity index is 1.47. The summed E-state index contributed by atoms with van der Waals surface area (Å²) in [6, 6.07) is 17.8. The van der Waals surface area contributed by atoms with Gasteiger partial charge in [-0.3, -0.25) is 4.79 Å². The molecule has 0 atom stereocenters. The fourth-order valence-electron chi connectivity index (χ4n) is 4.70. The molecule has 0 N–H and O–H groups in total. The van der Waals surface area contributed by atoms with E-state index in [0.717, 1.165) is 78.5 Å². The minimum atomic E-state index is -0.439. The van der Waals surface area contributed by atoms with Crippen molar-refractivity contribution in [3.05, 3.63) is 77.0 Å². The van der Waals surface area contributed by atoms with E-state index >= 15 is 0 Å². The van der Waals surface area contributed by atoms with E-state index in [2.05, 4.69) is 18.2 Å². The van der Waals surface area contributed by atoms with Crippen molar-refractivity contribution in [2.45, 2.75) is 32.1 Å². The Kier molecular flexibility index (Phi) is 5.71. The first-order valence-corrected chi connectivity index (χ1v) is 11.3. The number of ether oxygens (including phenoxy) is 1. The minimum absolute atomic E-state index is 0.113. The normalized spacial score (nSPS) is 16.9. The van der Waals surface area contributed by atoms with Crippen molar-refractivity contribution in [3.8, 4) is 0 Å². The largest absolute Gasteiger partial charge is 0.452 e. The highest BCUT2D eigenvalue weighted by molar-refractivity contribution is 6.07. The van der Waals surface area contributed by atoms with E-state index in [4.69, 9.17) is 9.72 Å². The van der Waals surface area contributed by atoms with Gasteiger partial charge in [0.1, 0.15) is 0 Å². The zero-order chi connectivity index (χ0) is 21.9. The molecule has 0 bridgehead atoms. The smallest absolute Gasteiger partial charge is 0.339 e. The number of para-hydroxylation sites is 1. The van der Waals surface area contributed by atoms with Gasteiger partial charge in [-0.15, -0.1) is 0 Å². The van der Waals surface area contributed by atoms with Gasteiger partial charge in [-0.25, -0.2) is 9.78 Å². The summed E-state index contributed by atoms with van der Waals surface area (Å²) in [5.41, 5.74) is 5.33.